The molecule has 162 valence electrons. The molecule has 6 heteroatoms. The Hall–Kier alpha value is -1.40. The van der Waals surface area contributed by atoms with Gasteiger partial charge in [-0.3, -0.25) is 9.80 Å². The zero-order chi connectivity index (χ0) is 20.8. The Bertz CT molecular complexity index is 626. The van der Waals surface area contributed by atoms with Crippen LogP contribution in [0, 0.1) is 22.7 Å². The quantitative estimate of drug-likeness (QED) is 0.598. The average molecular weight is 403 g/mol. The minimum absolute atomic E-state index is 0.320. The summed E-state index contributed by atoms with van der Waals surface area (Å²) in [7, 11) is 0. The van der Waals surface area contributed by atoms with E-state index in [1.54, 1.807) is 0 Å². The molecule has 2 bridgehead atoms. The molecule has 2 heterocycles. The van der Waals surface area contributed by atoms with Crippen LogP contribution in [0.2, 0.25) is 0 Å². The van der Waals surface area contributed by atoms with Crippen molar-refractivity contribution in [3.05, 3.63) is 12.2 Å². The first kappa shape index (κ1) is 20.9. The molecule has 0 amide bonds. The van der Waals surface area contributed by atoms with Gasteiger partial charge in [0, 0.05) is 22.9 Å². The van der Waals surface area contributed by atoms with Crippen LogP contribution in [0.4, 0.5) is 0 Å². The largest absolute Gasteiger partial charge is 0.549 e. The Morgan fingerprint density at radius 3 is 1.41 bits per heavy atom. The fraction of sp³-hybridized carbons (Fsp3) is 0.826. The maximum atomic E-state index is 13.0. The van der Waals surface area contributed by atoms with E-state index in [0.29, 0.717) is 6.42 Å². The Kier molecular flexibility index (Phi) is 5.53. The van der Waals surface area contributed by atoms with Crippen molar-refractivity contribution >= 4 is 11.9 Å². The molecule has 0 aromatic heterocycles. The first-order chi connectivity index (χ1) is 13.9. The molecule has 29 heavy (non-hydrogen) atoms. The van der Waals surface area contributed by atoms with Crippen LogP contribution in [-0.2, 0) is 9.59 Å². The number of fused-ring (bicyclic) bond motifs is 2. The van der Waals surface area contributed by atoms with Crippen LogP contribution in [0.15, 0.2) is 12.2 Å². The van der Waals surface area contributed by atoms with Gasteiger partial charge in [-0.05, 0) is 84.0 Å². The van der Waals surface area contributed by atoms with Crippen molar-refractivity contribution in [2.24, 2.45) is 22.7 Å². The lowest BCUT2D eigenvalue weighted by Gasteiger charge is -2.62. The number of carboxylic acids is 2. The molecule has 6 atom stereocenters. The van der Waals surface area contributed by atoms with Gasteiger partial charge >= 0.3 is 0 Å². The highest BCUT2D eigenvalue weighted by Crippen LogP contribution is 2.67. The van der Waals surface area contributed by atoms with E-state index in [1.807, 2.05) is 26.0 Å². The van der Waals surface area contributed by atoms with E-state index < -0.39 is 34.9 Å². The Balaban J connectivity index is 1.85. The van der Waals surface area contributed by atoms with Crippen LogP contribution < -0.4 is 10.2 Å². The van der Waals surface area contributed by atoms with Gasteiger partial charge in [0.2, 0.25) is 0 Å². The molecule has 0 aromatic carbocycles. The zero-order valence-electron chi connectivity index (χ0n) is 17.8. The fourth-order valence-electron chi connectivity index (χ4n) is 7.47. The summed E-state index contributed by atoms with van der Waals surface area (Å²) in [6.45, 7) is 7.13. The first-order valence-electron chi connectivity index (χ1n) is 11.5. The number of carbonyl (C=O) groups is 2. The number of carbonyl (C=O) groups excluding carboxylic acids is 2. The molecule has 0 aromatic rings. The molecule has 0 N–H and O–H groups in total. The van der Waals surface area contributed by atoms with Crippen LogP contribution in [0.1, 0.15) is 58.8 Å². The van der Waals surface area contributed by atoms with E-state index in [2.05, 4.69) is 9.80 Å². The third-order valence-electron chi connectivity index (χ3n) is 8.81. The van der Waals surface area contributed by atoms with Crippen molar-refractivity contribution in [3.8, 4) is 0 Å². The number of likely N-dealkylation sites (tertiary alicyclic amines) is 2. The van der Waals surface area contributed by atoms with Crippen LogP contribution in [0.5, 0.6) is 0 Å². The molecular formula is C23H34N2O4-2. The van der Waals surface area contributed by atoms with Crippen molar-refractivity contribution < 1.29 is 19.8 Å². The molecule has 6 unspecified atom stereocenters. The van der Waals surface area contributed by atoms with E-state index in [0.717, 1.165) is 64.7 Å². The van der Waals surface area contributed by atoms with Crippen LogP contribution in [-0.4, -0.2) is 60.0 Å². The zero-order valence-corrected chi connectivity index (χ0v) is 17.8. The Labute approximate surface area is 173 Å². The minimum atomic E-state index is -1.47. The third-order valence-corrected chi connectivity index (χ3v) is 8.81. The monoisotopic (exact) mass is 402 g/mol. The van der Waals surface area contributed by atoms with E-state index in [1.165, 1.54) is 0 Å². The van der Waals surface area contributed by atoms with Crippen LogP contribution >= 0.6 is 0 Å². The molecule has 1 saturated carbocycles. The molecule has 0 spiro atoms. The molecule has 0 radical (unpaired) electrons. The summed E-state index contributed by atoms with van der Waals surface area (Å²) in [4.78, 5) is 30.5. The van der Waals surface area contributed by atoms with Gasteiger partial charge in [0.05, 0.1) is 11.9 Å². The van der Waals surface area contributed by atoms with Crippen molar-refractivity contribution in [1.29, 1.82) is 0 Å². The van der Waals surface area contributed by atoms with Gasteiger partial charge < -0.3 is 19.8 Å². The second kappa shape index (κ2) is 7.69. The fourth-order valence-corrected chi connectivity index (χ4v) is 7.47. The standard InChI is InChI=1S/C23H36N2O4/c1-16(24-11-5-3-6-12-24)22(20(26)27)18-9-10-19(15-18)23(22,21(28)29)17(2)25-13-7-4-8-14-25/h9-10,16-19H,3-8,11-15H2,1-2H3,(H,26,27)(H,28,29)/p-2. The summed E-state index contributed by atoms with van der Waals surface area (Å²) in [6.07, 6.45) is 10.9. The number of rotatable bonds is 6. The van der Waals surface area contributed by atoms with Crippen molar-refractivity contribution in [1.82, 2.24) is 9.80 Å². The number of hydrogen-bond acceptors (Lipinski definition) is 6. The van der Waals surface area contributed by atoms with Gasteiger partial charge in [0.15, 0.2) is 0 Å². The van der Waals surface area contributed by atoms with E-state index >= 15 is 0 Å². The molecular weight excluding hydrogens is 368 g/mol. The molecule has 4 rings (SSSR count). The SMILES string of the molecule is CC(N1CCCCC1)C1(C(=O)[O-])C2C=CC(C2)C1(C(=O)[O-])C(C)N1CCCCC1. The van der Waals surface area contributed by atoms with Crippen LogP contribution in [0.25, 0.3) is 0 Å². The summed E-state index contributed by atoms with van der Waals surface area (Å²) < 4.78 is 0. The average Bonchev–Trinajstić information content (AvgIpc) is 3.33. The predicted molar refractivity (Wildman–Crippen MR) is 105 cm³/mol. The maximum Gasteiger partial charge on any atom is 0.0507 e. The van der Waals surface area contributed by atoms with Gasteiger partial charge in [0.1, 0.15) is 0 Å². The first-order valence-corrected chi connectivity index (χ1v) is 11.5. The molecule has 2 aliphatic carbocycles. The van der Waals surface area contributed by atoms with Gasteiger partial charge in [-0.15, -0.1) is 0 Å². The van der Waals surface area contributed by atoms with E-state index in [-0.39, 0.29) is 11.8 Å². The molecule has 2 saturated heterocycles. The summed E-state index contributed by atoms with van der Waals surface area (Å²) in [5, 5.41) is 26.0. The summed E-state index contributed by atoms with van der Waals surface area (Å²) in [6, 6.07) is -0.809. The Morgan fingerprint density at radius 2 is 1.10 bits per heavy atom. The van der Waals surface area contributed by atoms with Crippen molar-refractivity contribution in [2.75, 3.05) is 26.2 Å². The van der Waals surface area contributed by atoms with Gasteiger partial charge in [0.25, 0.3) is 0 Å². The van der Waals surface area contributed by atoms with Crippen molar-refractivity contribution in [2.45, 2.75) is 70.9 Å². The number of aliphatic carboxylic acids is 2. The van der Waals surface area contributed by atoms with Gasteiger partial charge in [-0.1, -0.05) is 25.0 Å². The molecule has 4 aliphatic rings. The Morgan fingerprint density at radius 1 is 0.759 bits per heavy atom. The second-order valence-corrected chi connectivity index (χ2v) is 9.69. The van der Waals surface area contributed by atoms with E-state index in [9.17, 15) is 19.8 Å². The molecule has 2 aliphatic heterocycles. The predicted octanol–water partition coefficient (Wildman–Crippen LogP) is 0.414. The lowest BCUT2D eigenvalue weighted by molar-refractivity contribution is -0.354. The molecule has 6 nitrogen and oxygen atoms in total. The summed E-state index contributed by atoms with van der Waals surface area (Å²) in [5.74, 6) is -3.06. The van der Waals surface area contributed by atoms with Crippen LogP contribution in [0.3, 0.4) is 0 Å². The van der Waals surface area contributed by atoms with Crippen molar-refractivity contribution in [3.63, 3.8) is 0 Å². The lowest BCUT2D eigenvalue weighted by Crippen LogP contribution is -2.74. The highest BCUT2D eigenvalue weighted by molar-refractivity contribution is 5.89. The number of nitrogens with zero attached hydrogens (tertiary/aromatic N) is 2. The highest BCUT2D eigenvalue weighted by atomic mass is 16.4. The molecule has 3 fully saturated rings. The van der Waals surface area contributed by atoms with Gasteiger partial charge in [-0.2, -0.15) is 0 Å². The highest BCUT2D eigenvalue weighted by Gasteiger charge is 2.72. The number of hydrogen-bond donors (Lipinski definition) is 0. The number of piperidine rings is 2. The third kappa shape index (κ3) is 2.74. The number of allylic oxidation sites excluding steroid dienone is 2. The topological polar surface area (TPSA) is 86.7 Å². The summed E-state index contributed by atoms with van der Waals surface area (Å²) >= 11 is 0. The second-order valence-electron chi connectivity index (χ2n) is 9.69. The van der Waals surface area contributed by atoms with Gasteiger partial charge in [-0.25, -0.2) is 0 Å². The maximum absolute atomic E-state index is 13.0. The van der Waals surface area contributed by atoms with E-state index in [4.69, 9.17) is 0 Å². The normalized spacial score (nSPS) is 40.1. The lowest BCUT2D eigenvalue weighted by atomic mass is 9.51. The smallest absolute Gasteiger partial charge is 0.0507 e. The number of carboxylic acid groups (broad SMARTS) is 2. The summed E-state index contributed by atoms with van der Waals surface area (Å²) in [5.41, 5.74) is -2.95. The minimum Gasteiger partial charge on any atom is -0.549 e.